The standard InChI is InChI=1S/C9H9Cl.C7H8N2O2S/c10-9-5-4-7-2-1-3-8(7)6-9;1-9-7(11)5-3-2-4(12-5)6(8)10/h4-6H,1-3H2;2-3H,1H3,(H2,8,10)(H,9,11). The van der Waals surface area contributed by atoms with Crippen molar-refractivity contribution in [3.05, 3.63) is 56.2 Å². The number of thiophene rings is 1. The highest BCUT2D eigenvalue weighted by molar-refractivity contribution is 7.15. The number of benzene rings is 1. The molecule has 2 aromatic rings. The lowest BCUT2D eigenvalue weighted by Gasteiger charge is -1.96. The van der Waals surface area contributed by atoms with Crippen LogP contribution in [0.1, 0.15) is 36.9 Å². The molecule has 1 aliphatic rings. The summed E-state index contributed by atoms with van der Waals surface area (Å²) in [5, 5.41) is 3.33. The highest BCUT2D eigenvalue weighted by atomic mass is 35.5. The van der Waals surface area contributed by atoms with Crippen molar-refractivity contribution in [2.45, 2.75) is 19.3 Å². The SMILES string of the molecule is CNC(=O)c1ccc(C(N)=O)s1.Clc1ccc2c(c1)CCC2. The Morgan fingerprint density at radius 2 is 1.82 bits per heavy atom. The summed E-state index contributed by atoms with van der Waals surface area (Å²) in [4.78, 5) is 22.5. The van der Waals surface area contributed by atoms with E-state index in [1.54, 1.807) is 6.07 Å². The molecule has 0 unspecified atom stereocenters. The van der Waals surface area contributed by atoms with E-state index in [9.17, 15) is 9.59 Å². The third-order valence-electron chi connectivity index (χ3n) is 3.36. The molecule has 1 aromatic heterocycles. The summed E-state index contributed by atoms with van der Waals surface area (Å²) in [6.07, 6.45) is 3.76. The molecule has 2 amide bonds. The van der Waals surface area contributed by atoms with E-state index in [0.717, 1.165) is 16.4 Å². The van der Waals surface area contributed by atoms with Crippen molar-refractivity contribution < 1.29 is 9.59 Å². The van der Waals surface area contributed by atoms with Gasteiger partial charge in [-0.25, -0.2) is 0 Å². The molecule has 3 rings (SSSR count). The van der Waals surface area contributed by atoms with Gasteiger partial charge in [-0.1, -0.05) is 17.7 Å². The van der Waals surface area contributed by atoms with Gasteiger partial charge in [0, 0.05) is 12.1 Å². The van der Waals surface area contributed by atoms with Crippen LogP contribution in [0.3, 0.4) is 0 Å². The lowest BCUT2D eigenvalue weighted by molar-refractivity contribution is 0.0966. The summed E-state index contributed by atoms with van der Waals surface area (Å²) < 4.78 is 0. The second kappa shape index (κ2) is 7.42. The van der Waals surface area contributed by atoms with Gasteiger partial charge in [0.2, 0.25) is 0 Å². The number of rotatable bonds is 2. The molecule has 0 radical (unpaired) electrons. The number of hydrogen-bond acceptors (Lipinski definition) is 3. The summed E-state index contributed by atoms with van der Waals surface area (Å²) in [6.45, 7) is 0. The number of primary amides is 1. The first-order valence-corrected chi connectivity index (χ1v) is 8.09. The fourth-order valence-corrected chi connectivity index (χ4v) is 3.26. The van der Waals surface area contributed by atoms with E-state index in [2.05, 4.69) is 17.4 Å². The molecular weight excluding hydrogens is 320 g/mol. The van der Waals surface area contributed by atoms with Crippen molar-refractivity contribution in [1.82, 2.24) is 5.32 Å². The van der Waals surface area contributed by atoms with Crippen LogP contribution in [0.5, 0.6) is 0 Å². The average molecular weight is 337 g/mol. The maximum absolute atomic E-state index is 11.0. The molecule has 0 fully saturated rings. The number of amides is 2. The maximum atomic E-state index is 11.0. The first kappa shape index (κ1) is 16.5. The molecule has 0 bridgehead atoms. The largest absolute Gasteiger partial charge is 0.365 e. The van der Waals surface area contributed by atoms with E-state index in [-0.39, 0.29) is 5.91 Å². The summed E-state index contributed by atoms with van der Waals surface area (Å²) in [7, 11) is 1.53. The molecule has 0 aliphatic heterocycles. The Hall–Kier alpha value is -1.85. The molecule has 0 saturated heterocycles. The maximum Gasteiger partial charge on any atom is 0.261 e. The topological polar surface area (TPSA) is 72.2 Å². The van der Waals surface area contributed by atoms with Crippen LogP contribution in [0.15, 0.2) is 30.3 Å². The van der Waals surface area contributed by atoms with Crippen LogP contribution >= 0.6 is 22.9 Å². The molecule has 0 atom stereocenters. The van der Waals surface area contributed by atoms with Gasteiger partial charge in [-0.2, -0.15) is 0 Å². The third-order valence-corrected chi connectivity index (χ3v) is 4.69. The zero-order chi connectivity index (χ0) is 16.1. The number of hydrogen-bond donors (Lipinski definition) is 2. The van der Waals surface area contributed by atoms with E-state index in [1.165, 1.54) is 43.5 Å². The number of carbonyl (C=O) groups excluding carboxylic acids is 2. The Balaban J connectivity index is 0.000000162. The van der Waals surface area contributed by atoms with Crippen molar-refractivity contribution in [2.75, 3.05) is 7.05 Å². The van der Waals surface area contributed by atoms with Gasteiger partial charge in [0.05, 0.1) is 9.75 Å². The number of nitrogens with one attached hydrogen (secondary N) is 1. The fraction of sp³-hybridized carbons (Fsp3) is 0.250. The van der Waals surface area contributed by atoms with Crippen molar-refractivity contribution in [1.29, 1.82) is 0 Å². The Morgan fingerprint density at radius 1 is 1.14 bits per heavy atom. The van der Waals surface area contributed by atoms with Gasteiger partial charge in [0.15, 0.2) is 0 Å². The van der Waals surface area contributed by atoms with Gasteiger partial charge in [0.1, 0.15) is 0 Å². The van der Waals surface area contributed by atoms with Crippen LogP contribution in [0.25, 0.3) is 0 Å². The normalized spacial score (nSPS) is 12.1. The Kier molecular flexibility index (Phi) is 5.57. The summed E-state index contributed by atoms with van der Waals surface area (Å²) in [6, 6.07) is 9.32. The van der Waals surface area contributed by atoms with Crippen LogP contribution in [-0.4, -0.2) is 18.9 Å². The van der Waals surface area contributed by atoms with Crippen LogP contribution in [0.4, 0.5) is 0 Å². The van der Waals surface area contributed by atoms with Crippen molar-refractivity contribution in [3.63, 3.8) is 0 Å². The van der Waals surface area contributed by atoms with E-state index in [1.807, 2.05) is 6.07 Å². The molecule has 6 heteroatoms. The zero-order valence-corrected chi connectivity index (χ0v) is 13.8. The molecule has 1 heterocycles. The average Bonchev–Trinajstić information content (AvgIpc) is 3.15. The summed E-state index contributed by atoms with van der Waals surface area (Å²) in [5.74, 6) is -0.706. The van der Waals surface area contributed by atoms with Gasteiger partial charge in [-0.15, -0.1) is 11.3 Å². The molecule has 3 N–H and O–H groups in total. The summed E-state index contributed by atoms with van der Waals surface area (Å²) in [5.41, 5.74) is 7.95. The smallest absolute Gasteiger partial charge is 0.261 e. The van der Waals surface area contributed by atoms with Gasteiger partial charge < -0.3 is 11.1 Å². The van der Waals surface area contributed by atoms with Gasteiger partial charge in [-0.3, -0.25) is 9.59 Å². The van der Waals surface area contributed by atoms with Crippen LogP contribution in [0, 0.1) is 0 Å². The number of carbonyl (C=O) groups is 2. The highest BCUT2D eigenvalue weighted by Crippen LogP contribution is 2.24. The molecule has 1 aliphatic carbocycles. The monoisotopic (exact) mass is 336 g/mol. The van der Waals surface area contributed by atoms with Crippen LogP contribution in [0.2, 0.25) is 5.02 Å². The first-order valence-electron chi connectivity index (χ1n) is 6.90. The second-order valence-electron chi connectivity index (χ2n) is 4.87. The van der Waals surface area contributed by atoms with E-state index >= 15 is 0 Å². The fourth-order valence-electron chi connectivity index (χ4n) is 2.26. The predicted octanol–water partition coefficient (Wildman–Crippen LogP) is 3.04. The molecular formula is C16H17ClN2O2S. The molecule has 0 spiro atoms. The first-order chi connectivity index (χ1) is 10.5. The Morgan fingerprint density at radius 3 is 2.45 bits per heavy atom. The zero-order valence-electron chi connectivity index (χ0n) is 12.2. The van der Waals surface area contributed by atoms with Crippen LogP contribution in [-0.2, 0) is 12.8 Å². The minimum absolute atomic E-state index is 0.201. The number of halogens is 1. The minimum Gasteiger partial charge on any atom is -0.365 e. The number of aryl methyl sites for hydroxylation is 2. The van der Waals surface area contributed by atoms with E-state index < -0.39 is 5.91 Å². The molecule has 4 nitrogen and oxygen atoms in total. The van der Waals surface area contributed by atoms with Gasteiger partial charge in [-0.05, 0) is 54.7 Å². The minimum atomic E-state index is -0.504. The second-order valence-corrected chi connectivity index (χ2v) is 6.39. The lowest BCUT2D eigenvalue weighted by atomic mass is 10.1. The molecule has 1 aromatic carbocycles. The molecule has 116 valence electrons. The lowest BCUT2D eigenvalue weighted by Crippen LogP contribution is -2.16. The van der Waals surface area contributed by atoms with Gasteiger partial charge >= 0.3 is 0 Å². The third kappa shape index (κ3) is 4.08. The number of nitrogens with two attached hydrogens (primary N) is 1. The Labute approximate surface area is 138 Å². The Bertz CT molecular complexity index is 697. The number of fused-ring (bicyclic) bond motifs is 1. The molecule has 22 heavy (non-hydrogen) atoms. The predicted molar refractivity (Wildman–Crippen MR) is 89.7 cm³/mol. The van der Waals surface area contributed by atoms with Gasteiger partial charge in [0.25, 0.3) is 11.8 Å². The van der Waals surface area contributed by atoms with E-state index in [4.69, 9.17) is 17.3 Å². The van der Waals surface area contributed by atoms with Crippen molar-refractivity contribution in [2.24, 2.45) is 5.73 Å². The van der Waals surface area contributed by atoms with Crippen molar-refractivity contribution >= 4 is 34.8 Å². The quantitative estimate of drug-likeness (QED) is 0.884. The summed E-state index contributed by atoms with van der Waals surface area (Å²) >= 11 is 6.91. The highest BCUT2D eigenvalue weighted by Gasteiger charge is 2.10. The van der Waals surface area contributed by atoms with Crippen molar-refractivity contribution in [3.8, 4) is 0 Å². The van der Waals surface area contributed by atoms with Crippen LogP contribution < -0.4 is 11.1 Å². The van der Waals surface area contributed by atoms with E-state index in [0.29, 0.717) is 9.75 Å². The molecule has 0 saturated carbocycles.